The summed E-state index contributed by atoms with van der Waals surface area (Å²) in [7, 11) is 0. The highest BCUT2D eigenvalue weighted by Gasteiger charge is 2.20. The van der Waals surface area contributed by atoms with E-state index in [9.17, 15) is 14.4 Å². The molecule has 0 saturated carbocycles. The molecule has 176 valence electrons. The highest BCUT2D eigenvalue weighted by molar-refractivity contribution is 14.1. The second kappa shape index (κ2) is 22.0. The molecule has 30 heavy (non-hydrogen) atoms. The third-order valence-electron chi connectivity index (χ3n) is 4.55. The predicted molar refractivity (Wildman–Crippen MR) is 134 cm³/mol. The molecule has 0 aliphatic heterocycles. The molecule has 1 atom stereocenters. The lowest BCUT2D eigenvalue weighted by molar-refractivity contribution is -0.129. The fourth-order valence-corrected chi connectivity index (χ4v) is 3.38. The Kier molecular flexibility index (Phi) is 21.8. The average molecular weight is 653 g/mol. The van der Waals surface area contributed by atoms with Gasteiger partial charge in [-0.2, -0.15) is 0 Å². The highest BCUT2D eigenvalue weighted by atomic mass is 127. The van der Waals surface area contributed by atoms with Crippen LogP contribution in [0.4, 0.5) is 0 Å². The first kappa shape index (κ1) is 29.8. The van der Waals surface area contributed by atoms with E-state index in [1.807, 2.05) is 46.0 Å². The second-order valence-electron chi connectivity index (χ2n) is 7.11. The van der Waals surface area contributed by atoms with Crippen molar-refractivity contribution in [1.29, 1.82) is 0 Å². The molecule has 3 N–H and O–H groups in total. The normalized spacial score (nSPS) is 11.7. The molecule has 10 heteroatoms. The van der Waals surface area contributed by atoms with Crippen LogP contribution in [0, 0.1) is 0 Å². The first-order chi connectivity index (χ1) is 14.5. The van der Waals surface area contributed by atoms with Crippen molar-refractivity contribution in [1.82, 2.24) is 16.0 Å². The summed E-state index contributed by atoms with van der Waals surface area (Å²) in [5, 5.41) is 8.49. The molecule has 0 spiro atoms. The maximum Gasteiger partial charge on any atom is 0.242 e. The monoisotopic (exact) mass is 653 g/mol. The number of hydrogen-bond acceptors (Lipinski definition) is 5. The predicted octanol–water partition coefficient (Wildman–Crippen LogP) is 3.75. The first-order valence-electron chi connectivity index (χ1n) is 10.9. The Morgan fingerprint density at radius 2 is 1.30 bits per heavy atom. The molecule has 0 aromatic carbocycles. The van der Waals surface area contributed by atoms with E-state index in [1.165, 1.54) is 0 Å². The van der Waals surface area contributed by atoms with Gasteiger partial charge in [0.25, 0.3) is 0 Å². The molecule has 0 aromatic heterocycles. The van der Waals surface area contributed by atoms with E-state index in [4.69, 9.17) is 6.13 Å². The van der Waals surface area contributed by atoms with Crippen LogP contribution in [0.1, 0.15) is 77.6 Å². The van der Waals surface area contributed by atoms with E-state index in [1.54, 1.807) is 6.92 Å². The van der Waals surface area contributed by atoms with Crippen LogP contribution < -0.4 is 16.0 Å². The zero-order chi connectivity index (χ0) is 22.5. The van der Waals surface area contributed by atoms with Crippen molar-refractivity contribution in [2.75, 3.05) is 26.3 Å². The molecule has 3 amide bonds. The summed E-state index contributed by atoms with van der Waals surface area (Å²) >= 11 is 3.78. The third kappa shape index (κ3) is 18.6. The summed E-state index contributed by atoms with van der Waals surface area (Å²) < 4.78 is 9.96. The van der Waals surface area contributed by atoms with E-state index in [0.29, 0.717) is 25.9 Å². The SMILES string of the molecule is CCC(=O)N[C@@H](CCC(=O)NCCCCCCOI)C(=O)NCCCCCCOI. The molecule has 0 heterocycles. The van der Waals surface area contributed by atoms with Crippen molar-refractivity contribution >= 4 is 63.7 Å². The lowest BCUT2D eigenvalue weighted by Gasteiger charge is -2.18. The molecular weight excluding hydrogens is 616 g/mol. The summed E-state index contributed by atoms with van der Waals surface area (Å²) in [4.78, 5) is 36.3. The Hall–Kier alpha value is -0.210. The molecule has 0 bridgehead atoms. The maximum absolute atomic E-state index is 12.4. The molecule has 8 nitrogen and oxygen atoms in total. The zero-order valence-electron chi connectivity index (χ0n) is 18.0. The lowest BCUT2D eigenvalue weighted by Crippen LogP contribution is -2.47. The van der Waals surface area contributed by atoms with Crippen molar-refractivity contribution in [3.05, 3.63) is 0 Å². The average Bonchev–Trinajstić information content (AvgIpc) is 2.74. The van der Waals surface area contributed by atoms with Gasteiger partial charge in [0.15, 0.2) is 0 Å². The summed E-state index contributed by atoms with van der Waals surface area (Å²) in [5.41, 5.74) is 0. The first-order valence-corrected chi connectivity index (χ1v) is 12.6. The van der Waals surface area contributed by atoms with Gasteiger partial charge in [0.1, 0.15) is 52.1 Å². The summed E-state index contributed by atoms with van der Waals surface area (Å²) in [6.45, 7) is 4.44. The Morgan fingerprint density at radius 1 is 0.767 bits per heavy atom. The Balaban J connectivity index is 4.11. The van der Waals surface area contributed by atoms with Crippen LogP contribution in [0.3, 0.4) is 0 Å². The number of amides is 3. The molecule has 0 aliphatic rings. The zero-order valence-corrected chi connectivity index (χ0v) is 22.3. The Bertz CT molecular complexity index is 470. The number of nitrogens with one attached hydrogen (secondary N) is 3. The largest absolute Gasteiger partial charge is 0.356 e. The fourth-order valence-electron chi connectivity index (χ4n) is 2.76. The van der Waals surface area contributed by atoms with Gasteiger partial charge in [-0.25, -0.2) is 0 Å². The van der Waals surface area contributed by atoms with E-state index in [-0.39, 0.29) is 24.1 Å². The molecule has 0 radical (unpaired) electrons. The van der Waals surface area contributed by atoms with Gasteiger partial charge in [0.2, 0.25) is 17.7 Å². The van der Waals surface area contributed by atoms with Gasteiger partial charge in [-0.3, -0.25) is 14.4 Å². The topological polar surface area (TPSA) is 106 Å². The van der Waals surface area contributed by atoms with Crippen LogP contribution in [0.25, 0.3) is 0 Å². The van der Waals surface area contributed by atoms with Gasteiger partial charge in [-0.05, 0) is 32.1 Å². The van der Waals surface area contributed by atoms with Crippen LogP contribution in [-0.2, 0) is 20.5 Å². The molecule has 0 fully saturated rings. The molecule has 0 saturated heterocycles. The minimum Gasteiger partial charge on any atom is -0.356 e. The third-order valence-corrected chi connectivity index (χ3v) is 5.43. The van der Waals surface area contributed by atoms with E-state index >= 15 is 0 Å². The van der Waals surface area contributed by atoms with Crippen molar-refractivity contribution in [3.8, 4) is 0 Å². The highest BCUT2D eigenvalue weighted by Crippen LogP contribution is 2.04. The van der Waals surface area contributed by atoms with E-state index in [0.717, 1.165) is 64.6 Å². The van der Waals surface area contributed by atoms with Crippen LogP contribution in [-0.4, -0.2) is 50.1 Å². The Labute approximate surface area is 209 Å². The smallest absolute Gasteiger partial charge is 0.242 e. The van der Waals surface area contributed by atoms with Gasteiger partial charge < -0.3 is 22.1 Å². The van der Waals surface area contributed by atoms with Crippen LogP contribution in [0.15, 0.2) is 0 Å². The number of carbonyl (C=O) groups is 3. The summed E-state index contributed by atoms with van der Waals surface area (Å²) in [5.74, 6) is -0.505. The quantitative estimate of drug-likeness (QED) is 0.137. The van der Waals surface area contributed by atoms with E-state index in [2.05, 4.69) is 16.0 Å². The molecule has 0 rings (SSSR count). The summed E-state index contributed by atoms with van der Waals surface area (Å²) in [6, 6.07) is -0.677. The summed E-state index contributed by atoms with van der Waals surface area (Å²) in [6.07, 6.45) is 8.84. The lowest BCUT2D eigenvalue weighted by atomic mass is 10.1. The number of carbonyl (C=O) groups excluding carboxylic acids is 3. The second-order valence-corrected chi connectivity index (χ2v) is 8.35. The maximum atomic E-state index is 12.4. The number of halogens is 2. The van der Waals surface area contributed by atoms with Crippen LogP contribution in [0.2, 0.25) is 0 Å². The van der Waals surface area contributed by atoms with Gasteiger partial charge in [-0.15, -0.1) is 0 Å². The van der Waals surface area contributed by atoms with Gasteiger partial charge in [0, 0.05) is 25.9 Å². The van der Waals surface area contributed by atoms with Crippen molar-refractivity contribution in [2.45, 2.75) is 83.6 Å². The van der Waals surface area contributed by atoms with Crippen LogP contribution in [0.5, 0.6) is 0 Å². The minimum absolute atomic E-state index is 0.0911. The number of hydrogen-bond donors (Lipinski definition) is 3. The molecule has 0 aromatic rings. The molecule has 0 unspecified atom stereocenters. The minimum atomic E-state index is -0.677. The van der Waals surface area contributed by atoms with Crippen molar-refractivity contribution in [3.63, 3.8) is 0 Å². The Morgan fingerprint density at radius 3 is 1.83 bits per heavy atom. The number of rotatable bonds is 20. The van der Waals surface area contributed by atoms with Gasteiger partial charge in [0.05, 0.1) is 13.2 Å². The molecular formula is C20H37I2N3O5. The van der Waals surface area contributed by atoms with Gasteiger partial charge >= 0.3 is 0 Å². The fraction of sp³-hybridized carbons (Fsp3) is 0.850. The standard InChI is InChI=1S/C20H37I2N3O5/c1-2-18(26)25-17(20(28)24-14-8-4-6-10-16-30-22)11-12-19(27)23-13-7-3-5-9-15-29-21/h17H,2-16H2,1H3,(H,23,27)(H,24,28)(H,25,26)/t17-/m0/s1. The van der Waals surface area contributed by atoms with Gasteiger partial charge in [-0.1, -0.05) is 32.6 Å². The number of unbranched alkanes of at least 4 members (excludes halogenated alkanes) is 6. The van der Waals surface area contributed by atoms with Crippen LogP contribution >= 0.6 is 46.0 Å². The van der Waals surface area contributed by atoms with Crippen molar-refractivity contribution < 1.29 is 20.5 Å². The van der Waals surface area contributed by atoms with E-state index < -0.39 is 6.04 Å². The molecule has 0 aliphatic carbocycles. The van der Waals surface area contributed by atoms with Crippen molar-refractivity contribution in [2.24, 2.45) is 0 Å².